The molecule has 0 radical (unpaired) electrons. The third-order valence-electron chi connectivity index (χ3n) is 12.6. The Balaban J connectivity index is 4.26. The van der Waals surface area contributed by atoms with E-state index in [4.69, 9.17) is 14.2 Å². The van der Waals surface area contributed by atoms with E-state index in [9.17, 15) is 14.4 Å². The van der Waals surface area contributed by atoms with Gasteiger partial charge >= 0.3 is 17.9 Å². The SMILES string of the molecule is CCCCCCCCCCCCCCCCCCCC(=O)OC[C@@H](COC(=O)CCCCCCCCCCCCCCC(C)C)OC(=O)CCCCCCCCC(C)CC. The molecule has 0 rings (SSSR count). The van der Waals surface area contributed by atoms with Gasteiger partial charge in [0.2, 0.25) is 0 Å². The zero-order valence-corrected chi connectivity index (χ0v) is 41.1. The molecule has 6 heteroatoms. The second-order valence-corrected chi connectivity index (χ2v) is 19.2. The van der Waals surface area contributed by atoms with Crippen LogP contribution in [0.4, 0.5) is 0 Å². The summed E-state index contributed by atoms with van der Waals surface area (Å²) in [5.41, 5.74) is 0. The molecule has 0 aliphatic rings. The Morgan fingerprint density at radius 3 is 0.950 bits per heavy atom. The van der Waals surface area contributed by atoms with Gasteiger partial charge in [-0.3, -0.25) is 14.4 Å². The fourth-order valence-corrected chi connectivity index (χ4v) is 8.13. The molecule has 2 atom stereocenters. The minimum Gasteiger partial charge on any atom is -0.462 e. The second-order valence-electron chi connectivity index (χ2n) is 19.2. The van der Waals surface area contributed by atoms with Crippen LogP contribution in [0.15, 0.2) is 0 Å². The molecule has 0 heterocycles. The average Bonchev–Trinajstić information content (AvgIpc) is 3.23. The van der Waals surface area contributed by atoms with E-state index in [-0.39, 0.29) is 31.1 Å². The van der Waals surface area contributed by atoms with E-state index in [1.165, 1.54) is 186 Å². The van der Waals surface area contributed by atoms with Crippen molar-refractivity contribution in [2.75, 3.05) is 13.2 Å². The van der Waals surface area contributed by atoms with Gasteiger partial charge in [-0.05, 0) is 31.1 Å². The van der Waals surface area contributed by atoms with Crippen molar-refractivity contribution >= 4 is 17.9 Å². The standard InChI is InChI=1S/C54H104O6/c1-6-8-9-10-11-12-13-14-15-16-17-18-22-25-28-34-39-44-52(55)58-47-51(60-54(57)46-41-36-31-30-33-38-43-50(5)7-2)48-59-53(56)45-40-35-29-26-23-20-19-21-24-27-32-37-42-49(3)4/h49-51H,6-48H2,1-5H3/t50?,51-/m0/s1. The molecule has 0 aliphatic heterocycles. The topological polar surface area (TPSA) is 78.9 Å². The predicted molar refractivity (Wildman–Crippen MR) is 256 cm³/mol. The molecule has 0 spiro atoms. The number of rotatable bonds is 48. The van der Waals surface area contributed by atoms with Crippen LogP contribution in [0, 0.1) is 11.8 Å². The molecule has 0 amide bonds. The van der Waals surface area contributed by atoms with Crippen LogP contribution in [0.3, 0.4) is 0 Å². The summed E-state index contributed by atoms with van der Waals surface area (Å²) in [4.78, 5) is 38.0. The summed E-state index contributed by atoms with van der Waals surface area (Å²) in [7, 11) is 0. The van der Waals surface area contributed by atoms with Gasteiger partial charge in [0.05, 0.1) is 0 Å². The van der Waals surface area contributed by atoms with E-state index in [0.29, 0.717) is 19.3 Å². The highest BCUT2D eigenvalue weighted by molar-refractivity contribution is 5.71. The van der Waals surface area contributed by atoms with Gasteiger partial charge < -0.3 is 14.2 Å². The van der Waals surface area contributed by atoms with Crippen LogP contribution in [-0.4, -0.2) is 37.2 Å². The van der Waals surface area contributed by atoms with Crippen LogP contribution < -0.4 is 0 Å². The molecule has 0 saturated carbocycles. The maximum Gasteiger partial charge on any atom is 0.306 e. The lowest BCUT2D eigenvalue weighted by Crippen LogP contribution is -2.30. The summed E-state index contributed by atoms with van der Waals surface area (Å²) in [5, 5.41) is 0. The zero-order chi connectivity index (χ0) is 44.0. The Bertz CT molecular complexity index is 918. The van der Waals surface area contributed by atoms with Crippen molar-refractivity contribution < 1.29 is 28.6 Å². The molecular weight excluding hydrogens is 745 g/mol. The van der Waals surface area contributed by atoms with Crippen LogP contribution in [0.2, 0.25) is 0 Å². The average molecular weight is 849 g/mol. The molecule has 356 valence electrons. The molecular formula is C54H104O6. The number of ether oxygens (including phenoxy) is 3. The lowest BCUT2D eigenvalue weighted by molar-refractivity contribution is -0.167. The van der Waals surface area contributed by atoms with Crippen molar-refractivity contribution in [2.45, 2.75) is 304 Å². The molecule has 0 bridgehead atoms. The molecule has 0 saturated heterocycles. The summed E-state index contributed by atoms with van der Waals surface area (Å²) in [5.74, 6) is 0.794. The van der Waals surface area contributed by atoms with E-state index >= 15 is 0 Å². The molecule has 60 heavy (non-hydrogen) atoms. The number of unbranched alkanes of at least 4 members (excludes halogenated alkanes) is 32. The predicted octanol–water partition coefficient (Wildman–Crippen LogP) is 17.3. The first kappa shape index (κ1) is 58.4. The van der Waals surface area contributed by atoms with Gasteiger partial charge in [-0.15, -0.1) is 0 Å². The van der Waals surface area contributed by atoms with Crippen LogP contribution in [0.5, 0.6) is 0 Å². The fraction of sp³-hybridized carbons (Fsp3) is 0.944. The molecule has 0 N–H and O–H groups in total. The molecule has 0 aromatic rings. The maximum atomic E-state index is 12.8. The van der Waals surface area contributed by atoms with E-state index in [1.54, 1.807) is 0 Å². The Morgan fingerprint density at radius 1 is 0.350 bits per heavy atom. The van der Waals surface area contributed by atoms with Gasteiger partial charge in [0, 0.05) is 19.3 Å². The molecule has 0 aliphatic carbocycles. The van der Waals surface area contributed by atoms with Crippen molar-refractivity contribution in [2.24, 2.45) is 11.8 Å². The fourth-order valence-electron chi connectivity index (χ4n) is 8.13. The van der Waals surface area contributed by atoms with Gasteiger partial charge in [-0.1, -0.05) is 259 Å². The Morgan fingerprint density at radius 2 is 0.633 bits per heavy atom. The zero-order valence-electron chi connectivity index (χ0n) is 41.1. The number of hydrogen-bond donors (Lipinski definition) is 0. The van der Waals surface area contributed by atoms with Crippen molar-refractivity contribution in [1.29, 1.82) is 0 Å². The molecule has 1 unspecified atom stereocenters. The first-order valence-electron chi connectivity index (χ1n) is 26.8. The highest BCUT2D eigenvalue weighted by atomic mass is 16.6. The molecule has 0 aromatic carbocycles. The third-order valence-corrected chi connectivity index (χ3v) is 12.6. The molecule has 0 aromatic heterocycles. The Labute approximate surface area is 374 Å². The summed E-state index contributed by atoms with van der Waals surface area (Å²) < 4.78 is 16.8. The van der Waals surface area contributed by atoms with Crippen LogP contribution >= 0.6 is 0 Å². The summed E-state index contributed by atoms with van der Waals surface area (Å²) >= 11 is 0. The van der Waals surface area contributed by atoms with E-state index in [1.807, 2.05) is 0 Å². The lowest BCUT2D eigenvalue weighted by atomic mass is 10.00. The smallest absolute Gasteiger partial charge is 0.306 e. The van der Waals surface area contributed by atoms with Gasteiger partial charge in [0.1, 0.15) is 13.2 Å². The second kappa shape index (κ2) is 46.9. The van der Waals surface area contributed by atoms with Gasteiger partial charge in [0.25, 0.3) is 0 Å². The third kappa shape index (κ3) is 45.9. The minimum absolute atomic E-state index is 0.0644. The van der Waals surface area contributed by atoms with Gasteiger partial charge in [0.15, 0.2) is 6.10 Å². The van der Waals surface area contributed by atoms with E-state index in [2.05, 4.69) is 34.6 Å². The van der Waals surface area contributed by atoms with Crippen molar-refractivity contribution in [3.8, 4) is 0 Å². The number of carbonyl (C=O) groups is 3. The van der Waals surface area contributed by atoms with Crippen LogP contribution in [0.25, 0.3) is 0 Å². The summed E-state index contributed by atoms with van der Waals surface area (Å²) in [6.45, 7) is 11.4. The van der Waals surface area contributed by atoms with Crippen LogP contribution in [0.1, 0.15) is 298 Å². The van der Waals surface area contributed by atoms with E-state index in [0.717, 1.165) is 69.6 Å². The quantitative estimate of drug-likeness (QED) is 0.0345. The summed E-state index contributed by atoms with van der Waals surface area (Å²) in [6.07, 6.45) is 48.1. The first-order valence-corrected chi connectivity index (χ1v) is 26.8. The Kier molecular flexibility index (Phi) is 45.7. The summed E-state index contributed by atoms with van der Waals surface area (Å²) in [6, 6.07) is 0. The van der Waals surface area contributed by atoms with Crippen molar-refractivity contribution in [3.05, 3.63) is 0 Å². The van der Waals surface area contributed by atoms with Crippen LogP contribution in [-0.2, 0) is 28.6 Å². The highest BCUT2D eigenvalue weighted by Gasteiger charge is 2.19. The first-order chi connectivity index (χ1) is 29.3. The van der Waals surface area contributed by atoms with E-state index < -0.39 is 6.10 Å². The van der Waals surface area contributed by atoms with Crippen molar-refractivity contribution in [3.63, 3.8) is 0 Å². The molecule has 0 fully saturated rings. The number of esters is 3. The number of carbonyl (C=O) groups excluding carboxylic acids is 3. The number of hydrogen-bond acceptors (Lipinski definition) is 6. The normalized spacial score (nSPS) is 12.5. The largest absolute Gasteiger partial charge is 0.462 e. The molecule has 6 nitrogen and oxygen atoms in total. The van der Waals surface area contributed by atoms with Gasteiger partial charge in [-0.25, -0.2) is 0 Å². The highest BCUT2D eigenvalue weighted by Crippen LogP contribution is 2.18. The lowest BCUT2D eigenvalue weighted by Gasteiger charge is -2.18. The Hall–Kier alpha value is -1.59. The van der Waals surface area contributed by atoms with Gasteiger partial charge in [-0.2, -0.15) is 0 Å². The monoisotopic (exact) mass is 849 g/mol. The minimum atomic E-state index is -0.762. The maximum absolute atomic E-state index is 12.8. The van der Waals surface area contributed by atoms with Crippen molar-refractivity contribution in [1.82, 2.24) is 0 Å².